The third kappa shape index (κ3) is 3.09. The van der Waals surface area contributed by atoms with Crippen molar-refractivity contribution in [3.8, 4) is 5.75 Å². The van der Waals surface area contributed by atoms with E-state index in [4.69, 9.17) is 15.2 Å². The molecule has 0 heterocycles. The highest BCUT2D eigenvalue weighted by Crippen LogP contribution is 2.32. The van der Waals surface area contributed by atoms with Crippen LogP contribution in [0, 0.1) is 0 Å². The molecule has 2 aromatic carbocycles. The van der Waals surface area contributed by atoms with Crippen molar-refractivity contribution in [1.82, 2.24) is 0 Å². The van der Waals surface area contributed by atoms with Crippen molar-refractivity contribution in [2.75, 3.05) is 7.11 Å². The van der Waals surface area contributed by atoms with Gasteiger partial charge in [0.15, 0.2) is 0 Å². The lowest BCUT2D eigenvalue weighted by Gasteiger charge is -2.31. The number of methoxy groups -OCH3 is 1. The van der Waals surface area contributed by atoms with Crippen LogP contribution in [0.5, 0.6) is 5.75 Å². The zero-order valence-corrected chi connectivity index (χ0v) is 12.3. The van der Waals surface area contributed by atoms with Gasteiger partial charge in [0.1, 0.15) is 5.75 Å². The van der Waals surface area contributed by atoms with E-state index in [2.05, 4.69) is 24.3 Å². The van der Waals surface area contributed by atoms with Crippen molar-refractivity contribution in [2.24, 2.45) is 5.73 Å². The Bertz CT molecular complexity index is 597. The molecular formula is C18H21NO2. The monoisotopic (exact) mass is 283 g/mol. The van der Waals surface area contributed by atoms with E-state index in [1.54, 1.807) is 7.11 Å². The lowest BCUT2D eigenvalue weighted by Crippen LogP contribution is -2.33. The Morgan fingerprint density at radius 2 is 1.95 bits per heavy atom. The van der Waals surface area contributed by atoms with E-state index in [-0.39, 0.29) is 12.1 Å². The molecule has 0 bridgehead atoms. The van der Waals surface area contributed by atoms with Gasteiger partial charge in [0.25, 0.3) is 0 Å². The lowest BCUT2D eigenvalue weighted by atomic mass is 9.86. The van der Waals surface area contributed by atoms with Gasteiger partial charge in [-0.05, 0) is 41.7 Å². The van der Waals surface area contributed by atoms with Crippen LogP contribution in [-0.4, -0.2) is 13.2 Å². The van der Waals surface area contributed by atoms with Crippen LogP contribution in [0.15, 0.2) is 48.5 Å². The predicted octanol–water partition coefficient (Wildman–Crippen LogP) is 3.23. The molecule has 0 saturated carbocycles. The van der Waals surface area contributed by atoms with Crippen LogP contribution >= 0.6 is 0 Å². The van der Waals surface area contributed by atoms with Crippen LogP contribution in [0.2, 0.25) is 0 Å². The van der Waals surface area contributed by atoms with Gasteiger partial charge in [-0.3, -0.25) is 0 Å². The second kappa shape index (κ2) is 6.29. The molecule has 0 amide bonds. The fourth-order valence-electron chi connectivity index (χ4n) is 2.89. The number of ether oxygens (including phenoxy) is 2. The molecule has 1 aliphatic rings. The van der Waals surface area contributed by atoms with Crippen LogP contribution in [0.1, 0.15) is 29.2 Å². The number of aryl methyl sites for hydroxylation is 1. The Kier molecular flexibility index (Phi) is 4.23. The molecule has 2 N–H and O–H groups in total. The van der Waals surface area contributed by atoms with Crippen LogP contribution in [-0.2, 0) is 17.8 Å². The topological polar surface area (TPSA) is 44.5 Å². The van der Waals surface area contributed by atoms with Crippen molar-refractivity contribution in [2.45, 2.75) is 31.6 Å². The average Bonchev–Trinajstić information content (AvgIpc) is 2.55. The summed E-state index contributed by atoms with van der Waals surface area (Å²) in [5, 5.41) is 0. The SMILES string of the molecule is COc1ccc2c(c1)CCC(OCc1ccccc1)C2N. The summed E-state index contributed by atoms with van der Waals surface area (Å²) in [6, 6.07) is 16.3. The van der Waals surface area contributed by atoms with Crippen molar-refractivity contribution in [3.63, 3.8) is 0 Å². The zero-order valence-electron chi connectivity index (χ0n) is 12.3. The summed E-state index contributed by atoms with van der Waals surface area (Å²) in [6.07, 6.45) is 2.01. The maximum Gasteiger partial charge on any atom is 0.119 e. The first-order chi connectivity index (χ1) is 10.3. The van der Waals surface area contributed by atoms with Gasteiger partial charge in [0, 0.05) is 0 Å². The molecule has 3 rings (SSSR count). The van der Waals surface area contributed by atoms with E-state index in [0.717, 1.165) is 18.6 Å². The third-order valence-corrected chi connectivity index (χ3v) is 4.11. The second-order valence-corrected chi connectivity index (χ2v) is 5.46. The summed E-state index contributed by atoms with van der Waals surface area (Å²) in [5.41, 5.74) is 10.0. The van der Waals surface area contributed by atoms with Gasteiger partial charge in [-0.25, -0.2) is 0 Å². The zero-order chi connectivity index (χ0) is 14.7. The minimum atomic E-state index is -0.0663. The van der Waals surface area contributed by atoms with Gasteiger partial charge in [0.2, 0.25) is 0 Å². The molecule has 0 aromatic heterocycles. The fraction of sp³-hybridized carbons (Fsp3) is 0.333. The molecule has 0 fully saturated rings. The first kappa shape index (κ1) is 14.1. The molecule has 3 heteroatoms. The molecular weight excluding hydrogens is 262 g/mol. The first-order valence-corrected chi connectivity index (χ1v) is 7.36. The summed E-state index contributed by atoms with van der Waals surface area (Å²) in [4.78, 5) is 0. The Labute approximate surface area is 125 Å². The molecule has 2 atom stereocenters. The molecule has 0 saturated heterocycles. The predicted molar refractivity (Wildman–Crippen MR) is 83.3 cm³/mol. The van der Waals surface area contributed by atoms with Gasteiger partial charge < -0.3 is 15.2 Å². The van der Waals surface area contributed by atoms with Gasteiger partial charge in [-0.15, -0.1) is 0 Å². The van der Waals surface area contributed by atoms with E-state index in [1.807, 2.05) is 24.3 Å². The van der Waals surface area contributed by atoms with Crippen LogP contribution in [0.25, 0.3) is 0 Å². The number of fused-ring (bicyclic) bond motifs is 1. The lowest BCUT2D eigenvalue weighted by molar-refractivity contribution is 0.0134. The normalized spacial score (nSPS) is 20.9. The molecule has 0 aliphatic heterocycles. The maximum atomic E-state index is 6.38. The van der Waals surface area contributed by atoms with E-state index in [9.17, 15) is 0 Å². The summed E-state index contributed by atoms with van der Waals surface area (Å²) >= 11 is 0. The summed E-state index contributed by atoms with van der Waals surface area (Å²) in [7, 11) is 1.69. The van der Waals surface area contributed by atoms with Crippen LogP contribution in [0.4, 0.5) is 0 Å². The number of hydrogen-bond acceptors (Lipinski definition) is 3. The summed E-state index contributed by atoms with van der Waals surface area (Å²) < 4.78 is 11.3. The quantitative estimate of drug-likeness (QED) is 0.937. The smallest absolute Gasteiger partial charge is 0.119 e. The highest BCUT2D eigenvalue weighted by molar-refractivity contribution is 5.39. The van der Waals surface area contributed by atoms with Gasteiger partial charge in [-0.2, -0.15) is 0 Å². The number of rotatable bonds is 4. The molecule has 0 spiro atoms. The highest BCUT2D eigenvalue weighted by atomic mass is 16.5. The fourth-order valence-corrected chi connectivity index (χ4v) is 2.89. The van der Waals surface area contributed by atoms with Crippen molar-refractivity contribution >= 4 is 0 Å². The molecule has 21 heavy (non-hydrogen) atoms. The van der Waals surface area contributed by atoms with E-state index in [0.29, 0.717) is 6.61 Å². The first-order valence-electron chi connectivity index (χ1n) is 7.36. The van der Waals surface area contributed by atoms with Crippen molar-refractivity contribution in [3.05, 3.63) is 65.2 Å². The molecule has 1 aliphatic carbocycles. The van der Waals surface area contributed by atoms with Crippen molar-refractivity contribution in [1.29, 1.82) is 0 Å². The number of hydrogen-bond donors (Lipinski definition) is 1. The number of benzene rings is 2. The van der Waals surface area contributed by atoms with Gasteiger partial charge in [0.05, 0.1) is 25.9 Å². The van der Waals surface area contributed by atoms with E-state index in [1.165, 1.54) is 16.7 Å². The minimum Gasteiger partial charge on any atom is -0.497 e. The Hall–Kier alpha value is -1.84. The molecule has 110 valence electrons. The second-order valence-electron chi connectivity index (χ2n) is 5.46. The highest BCUT2D eigenvalue weighted by Gasteiger charge is 2.27. The Balaban J connectivity index is 1.69. The molecule has 3 nitrogen and oxygen atoms in total. The van der Waals surface area contributed by atoms with Crippen molar-refractivity contribution < 1.29 is 9.47 Å². The van der Waals surface area contributed by atoms with Crippen LogP contribution < -0.4 is 10.5 Å². The van der Waals surface area contributed by atoms with Gasteiger partial charge >= 0.3 is 0 Å². The standard InChI is InChI=1S/C18H21NO2/c1-20-15-8-9-16-14(11-15)7-10-17(18(16)19)21-12-13-5-3-2-4-6-13/h2-6,8-9,11,17-18H,7,10,12,19H2,1H3. The summed E-state index contributed by atoms with van der Waals surface area (Å²) in [5.74, 6) is 0.893. The largest absolute Gasteiger partial charge is 0.497 e. The molecule has 0 radical (unpaired) electrons. The average molecular weight is 283 g/mol. The molecule has 2 unspecified atom stereocenters. The van der Waals surface area contributed by atoms with Gasteiger partial charge in [-0.1, -0.05) is 36.4 Å². The minimum absolute atomic E-state index is 0.0663. The maximum absolute atomic E-state index is 6.38. The van der Waals surface area contributed by atoms with E-state index >= 15 is 0 Å². The van der Waals surface area contributed by atoms with Crippen LogP contribution in [0.3, 0.4) is 0 Å². The number of nitrogens with two attached hydrogens (primary N) is 1. The third-order valence-electron chi connectivity index (χ3n) is 4.11. The Morgan fingerprint density at radius 3 is 2.71 bits per heavy atom. The van der Waals surface area contributed by atoms with E-state index < -0.39 is 0 Å². The molecule has 2 aromatic rings. The Morgan fingerprint density at radius 1 is 1.14 bits per heavy atom. The summed E-state index contributed by atoms with van der Waals surface area (Å²) in [6.45, 7) is 0.616.